The van der Waals surface area contributed by atoms with Crippen LogP contribution in [0.2, 0.25) is 0 Å². The zero-order valence-electron chi connectivity index (χ0n) is 12.1. The molecule has 4 heteroatoms. The summed E-state index contributed by atoms with van der Waals surface area (Å²) < 4.78 is 6.04. The molecule has 0 aliphatic carbocycles. The molecule has 2 atom stereocenters. The van der Waals surface area contributed by atoms with Crippen LogP contribution >= 0.6 is 11.3 Å². The molecule has 0 aromatic carbocycles. The number of hydrogen-bond donors (Lipinski definition) is 1. The molecule has 0 spiro atoms. The van der Waals surface area contributed by atoms with Crippen LogP contribution in [0.4, 0.5) is 0 Å². The Labute approximate surface area is 121 Å². The van der Waals surface area contributed by atoms with Crippen LogP contribution in [0.25, 0.3) is 0 Å². The van der Waals surface area contributed by atoms with E-state index in [4.69, 9.17) is 4.74 Å². The minimum atomic E-state index is 0.283. The second kappa shape index (κ2) is 8.00. The first-order chi connectivity index (χ1) is 9.35. The van der Waals surface area contributed by atoms with E-state index in [-0.39, 0.29) is 6.10 Å². The lowest BCUT2D eigenvalue weighted by atomic mass is 10.1. The highest BCUT2D eigenvalue weighted by Gasteiger charge is 2.29. The molecule has 0 bridgehead atoms. The van der Waals surface area contributed by atoms with Gasteiger partial charge in [-0.05, 0) is 37.4 Å². The van der Waals surface area contributed by atoms with Gasteiger partial charge in [0.2, 0.25) is 0 Å². The third-order valence-electron chi connectivity index (χ3n) is 3.55. The fraction of sp³-hybridized carbons (Fsp3) is 0.733. The topological polar surface area (TPSA) is 24.5 Å². The SMILES string of the molecule is CCCNC(c1cccs1)C1CN(CCC)CCO1. The van der Waals surface area contributed by atoms with E-state index in [2.05, 4.69) is 41.6 Å². The molecule has 1 saturated heterocycles. The quantitative estimate of drug-likeness (QED) is 0.832. The molecular formula is C15H26N2OS. The zero-order valence-corrected chi connectivity index (χ0v) is 12.9. The summed E-state index contributed by atoms with van der Waals surface area (Å²) in [7, 11) is 0. The molecule has 1 N–H and O–H groups in total. The number of thiophene rings is 1. The summed E-state index contributed by atoms with van der Waals surface area (Å²) in [5, 5.41) is 5.82. The summed E-state index contributed by atoms with van der Waals surface area (Å²) in [6, 6.07) is 4.70. The van der Waals surface area contributed by atoms with E-state index in [1.165, 1.54) is 17.8 Å². The fourth-order valence-electron chi connectivity index (χ4n) is 2.64. The van der Waals surface area contributed by atoms with E-state index in [1.54, 1.807) is 0 Å². The molecule has 1 aliphatic heterocycles. The van der Waals surface area contributed by atoms with Crippen LogP contribution in [0.1, 0.15) is 37.6 Å². The Morgan fingerprint density at radius 1 is 1.47 bits per heavy atom. The summed E-state index contributed by atoms with van der Waals surface area (Å²) >= 11 is 1.83. The number of hydrogen-bond acceptors (Lipinski definition) is 4. The fourth-order valence-corrected chi connectivity index (χ4v) is 3.49. The number of rotatable bonds is 7. The minimum Gasteiger partial charge on any atom is -0.374 e. The van der Waals surface area contributed by atoms with Gasteiger partial charge < -0.3 is 10.1 Å². The van der Waals surface area contributed by atoms with Gasteiger partial charge in [0.05, 0.1) is 18.8 Å². The molecule has 2 rings (SSSR count). The van der Waals surface area contributed by atoms with Gasteiger partial charge in [-0.1, -0.05) is 19.9 Å². The van der Waals surface area contributed by atoms with Gasteiger partial charge in [0.1, 0.15) is 0 Å². The van der Waals surface area contributed by atoms with Crippen molar-refractivity contribution in [2.45, 2.75) is 38.8 Å². The van der Waals surface area contributed by atoms with Crippen molar-refractivity contribution < 1.29 is 4.74 Å². The molecule has 19 heavy (non-hydrogen) atoms. The maximum absolute atomic E-state index is 6.04. The summed E-state index contributed by atoms with van der Waals surface area (Å²) in [5.74, 6) is 0. The normalized spacial score (nSPS) is 22.5. The average molecular weight is 282 g/mol. The Morgan fingerprint density at radius 2 is 2.37 bits per heavy atom. The third-order valence-corrected chi connectivity index (χ3v) is 4.51. The maximum Gasteiger partial charge on any atom is 0.0904 e. The molecule has 0 radical (unpaired) electrons. The van der Waals surface area contributed by atoms with Crippen LogP contribution in [0.5, 0.6) is 0 Å². The first kappa shape index (κ1) is 15.0. The molecule has 1 aromatic heterocycles. The van der Waals surface area contributed by atoms with Gasteiger partial charge in [0.25, 0.3) is 0 Å². The van der Waals surface area contributed by atoms with Gasteiger partial charge in [0.15, 0.2) is 0 Å². The molecule has 2 heterocycles. The van der Waals surface area contributed by atoms with Gasteiger partial charge in [-0.15, -0.1) is 11.3 Å². The molecule has 108 valence electrons. The molecular weight excluding hydrogens is 256 g/mol. The molecule has 1 fully saturated rings. The Morgan fingerprint density at radius 3 is 3.05 bits per heavy atom. The Balaban J connectivity index is 2.00. The van der Waals surface area contributed by atoms with E-state index in [9.17, 15) is 0 Å². The van der Waals surface area contributed by atoms with Crippen LogP contribution in [0.15, 0.2) is 17.5 Å². The smallest absolute Gasteiger partial charge is 0.0904 e. The van der Waals surface area contributed by atoms with Crippen molar-refractivity contribution >= 4 is 11.3 Å². The van der Waals surface area contributed by atoms with Crippen molar-refractivity contribution in [3.05, 3.63) is 22.4 Å². The van der Waals surface area contributed by atoms with E-state index < -0.39 is 0 Å². The summed E-state index contributed by atoms with van der Waals surface area (Å²) in [6.07, 6.45) is 2.66. The van der Waals surface area contributed by atoms with Crippen molar-refractivity contribution in [1.29, 1.82) is 0 Å². The molecule has 1 aromatic rings. The predicted octanol–water partition coefficient (Wildman–Crippen LogP) is 2.90. The van der Waals surface area contributed by atoms with Gasteiger partial charge in [-0.2, -0.15) is 0 Å². The Hall–Kier alpha value is -0.420. The Bertz CT molecular complexity index is 340. The number of nitrogens with zero attached hydrogens (tertiary/aromatic N) is 1. The average Bonchev–Trinajstić information content (AvgIpc) is 2.94. The van der Waals surface area contributed by atoms with Crippen LogP contribution in [-0.4, -0.2) is 43.8 Å². The van der Waals surface area contributed by atoms with Crippen molar-refractivity contribution in [3.63, 3.8) is 0 Å². The molecule has 0 amide bonds. The zero-order chi connectivity index (χ0) is 13.5. The molecule has 2 unspecified atom stereocenters. The van der Waals surface area contributed by atoms with Crippen molar-refractivity contribution in [1.82, 2.24) is 10.2 Å². The van der Waals surface area contributed by atoms with Crippen LogP contribution in [0, 0.1) is 0 Å². The highest BCUT2D eigenvalue weighted by atomic mass is 32.1. The summed E-state index contributed by atoms with van der Waals surface area (Å²) in [6.45, 7) is 9.68. The standard InChI is InChI=1S/C15H26N2OS/c1-3-7-16-15(14-6-5-11-19-14)13-12-17(8-4-2)9-10-18-13/h5-6,11,13,15-16H,3-4,7-10,12H2,1-2H3. The highest BCUT2D eigenvalue weighted by molar-refractivity contribution is 7.10. The number of morpholine rings is 1. The van der Waals surface area contributed by atoms with Crippen molar-refractivity contribution in [3.8, 4) is 0 Å². The first-order valence-corrected chi connectivity index (χ1v) is 8.33. The lowest BCUT2D eigenvalue weighted by Gasteiger charge is -2.37. The van der Waals surface area contributed by atoms with E-state index in [0.29, 0.717) is 6.04 Å². The lowest BCUT2D eigenvalue weighted by Crippen LogP contribution is -2.48. The number of nitrogens with one attached hydrogen (secondary N) is 1. The van der Waals surface area contributed by atoms with Crippen LogP contribution in [-0.2, 0) is 4.74 Å². The van der Waals surface area contributed by atoms with Gasteiger partial charge in [0, 0.05) is 18.0 Å². The maximum atomic E-state index is 6.04. The second-order valence-corrected chi connectivity index (χ2v) is 6.14. The predicted molar refractivity (Wildman–Crippen MR) is 81.8 cm³/mol. The largest absolute Gasteiger partial charge is 0.374 e. The highest BCUT2D eigenvalue weighted by Crippen LogP contribution is 2.26. The van der Waals surface area contributed by atoms with Crippen molar-refractivity contribution in [2.75, 3.05) is 32.8 Å². The van der Waals surface area contributed by atoms with E-state index in [1.807, 2.05) is 11.3 Å². The monoisotopic (exact) mass is 282 g/mol. The van der Waals surface area contributed by atoms with Crippen LogP contribution in [0.3, 0.4) is 0 Å². The van der Waals surface area contributed by atoms with Crippen molar-refractivity contribution in [2.24, 2.45) is 0 Å². The lowest BCUT2D eigenvalue weighted by molar-refractivity contribution is -0.0464. The number of ether oxygens (including phenoxy) is 1. The van der Waals surface area contributed by atoms with E-state index in [0.717, 1.165) is 32.7 Å². The third kappa shape index (κ3) is 4.28. The van der Waals surface area contributed by atoms with Gasteiger partial charge in [-0.3, -0.25) is 4.90 Å². The summed E-state index contributed by atoms with van der Waals surface area (Å²) in [5.41, 5.74) is 0. The second-order valence-electron chi connectivity index (χ2n) is 5.16. The van der Waals surface area contributed by atoms with E-state index >= 15 is 0 Å². The van der Waals surface area contributed by atoms with Gasteiger partial charge >= 0.3 is 0 Å². The molecule has 1 aliphatic rings. The van der Waals surface area contributed by atoms with Crippen LogP contribution < -0.4 is 5.32 Å². The Kier molecular flexibility index (Phi) is 6.31. The first-order valence-electron chi connectivity index (χ1n) is 7.45. The van der Waals surface area contributed by atoms with Gasteiger partial charge in [-0.25, -0.2) is 0 Å². The molecule has 3 nitrogen and oxygen atoms in total. The minimum absolute atomic E-state index is 0.283. The summed E-state index contributed by atoms with van der Waals surface area (Å²) in [4.78, 5) is 3.93. The molecule has 0 saturated carbocycles.